The third kappa shape index (κ3) is 2.59. The van der Waals surface area contributed by atoms with E-state index in [2.05, 4.69) is 0 Å². The number of nitrogens with zero attached hydrogens (tertiary/aromatic N) is 1. The standard InChI is InChI=1S/C14H15NO7/c1-4-20-13(17)12-14(3,22-8(2)16)10-7-9(15(18)19)5-6-11(10)21-12/h5-7,12H,4H2,1-3H3/t12-,14-/m1/s1. The number of esters is 2. The van der Waals surface area contributed by atoms with Gasteiger partial charge in [-0.25, -0.2) is 4.79 Å². The molecule has 0 N–H and O–H groups in total. The van der Waals surface area contributed by atoms with Crippen LogP contribution in [0.15, 0.2) is 18.2 Å². The number of hydrogen-bond donors (Lipinski definition) is 0. The van der Waals surface area contributed by atoms with Crippen molar-refractivity contribution in [1.29, 1.82) is 0 Å². The van der Waals surface area contributed by atoms with Gasteiger partial charge in [-0.3, -0.25) is 14.9 Å². The van der Waals surface area contributed by atoms with Gasteiger partial charge in [-0.1, -0.05) is 0 Å². The van der Waals surface area contributed by atoms with E-state index >= 15 is 0 Å². The first-order chi connectivity index (χ1) is 10.3. The van der Waals surface area contributed by atoms with E-state index in [0.29, 0.717) is 0 Å². The molecule has 0 saturated carbocycles. The van der Waals surface area contributed by atoms with Crippen LogP contribution in [0.3, 0.4) is 0 Å². The monoisotopic (exact) mass is 309 g/mol. The van der Waals surface area contributed by atoms with Gasteiger partial charge < -0.3 is 14.2 Å². The molecule has 8 nitrogen and oxygen atoms in total. The Morgan fingerprint density at radius 1 is 1.45 bits per heavy atom. The van der Waals surface area contributed by atoms with Gasteiger partial charge in [-0.15, -0.1) is 0 Å². The van der Waals surface area contributed by atoms with Crippen molar-refractivity contribution in [2.75, 3.05) is 6.61 Å². The molecular formula is C14H15NO7. The van der Waals surface area contributed by atoms with Crippen molar-refractivity contribution >= 4 is 17.6 Å². The molecule has 0 amide bonds. The minimum Gasteiger partial charge on any atom is -0.474 e. The second-order valence-electron chi connectivity index (χ2n) is 4.89. The van der Waals surface area contributed by atoms with Crippen LogP contribution in [-0.4, -0.2) is 29.6 Å². The van der Waals surface area contributed by atoms with Crippen molar-refractivity contribution in [3.05, 3.63) is 33.9 Å². The Bertz CT molecular complexity index is 642. The summed E-state index contributed by atoms with van der Waals surface area (Å²) in [5.41, 5.74) is -1.42. The largest absolute Gasteiger partial charge is 0.474 e. The lowest BCUT2D eigenvalue weighted by atomic mass is 9.91. The van der Waals surface area contributed by atoms with Gasteiger partial charge in [0.15, 0.2) is 5.60 Å². The van der Waals surface area contributed by atoms with Crippen LogP contribution in [0.25, 0.3) is 0 Å². The van der Waals surface area contributed by atoms with Crippen molar-refractivity contribution in [2.24, 2.45) is 0 Å². The third-order valence-electron chi connectivity index (χ3n) is 3.31. The molecule has 1 aromatic rings. The van der Waals surface area contributed by atoms with E-state index in [4.69, 9.17) is 14.2 Å². The number of rotatable bonds is 4. The maximum Gasteiger partial charge on any atom is 0.351 e. The average Bonchev–Trinajstić information content (AvgIpc) is 2.71. The summed E-state index contributed by atoms with van der Waals surface area (Å²) in [5.74, 6) is -1.10. The number of carbonyl (C=O) groups excluding carboxylic acids is 2. The van der Waals surface area contributed by atoms with Crippen molar-refractivity contribution in [3.63, 3.8) is 0 Å². The van der Waals surface area contributed by atoms with Crippen LogP contribution >= 0.6 is 0 Å². The van der Waals surface area contributed by atoms with Crippen LogP contribution in [0.1, 0.15) is 26.3 Å². The number of hydrogen-bond acceptors (Lipinski definition) is 7. The number of nitro benzene ring substituents is 1. The number of ether oxygens (including phenoxy) is 3. The first-order valence-electron chi connectivity index (χ1n) is 6.61. The smallest absolute Gasteiger partial charge is 0.351 e. The number of nitro groups is 1. The molecular weight excluding hydrogens is 294 g/mol. The fourth-order valence-corrected chi connectivity index (χ4v) is 2.40. The van der Waals surface area contributed by atoms with Crippen LogP contribution in [-0.2, 0) is 24.7 Å². The number of fused-ring (bicyclic) bond motifs is 1. The van der Waals surface area contributed by atoms with Gasteiger partial charge in [0.1, 0.15) is 5.75 Å². The summed E-state index contributed by atoms with van der Waals surface area (Å²) in [5, 5.41) is 10.9. The summed E-state index contributed by atoms with van der Waals surface area (Å²) in [6.45, 7) is 4.41. The highest BCUT2D eigenvalue weighted by atomic mass is 16.6. The Balaban J connectivity index is 2.51. The molecule has 1 aromatic carbocycles. The maximum atomic E-state index is 12.1. The summed E-state index contributed by atoms with van der Waals surface area (Å²) in [6.07, 6.45) is -1.21. The van der Waals surface area contributed by atoms with E-state index in [9.17, 15) is 19.7 Å². The third-order valence-corrected chi connectivity index (χ3v) is 3.31. The first-order valence-corrected chi connectivity index (χ1v) is 6.61. The molecule has 118 valence electrons. The Kier molecular flexibility index (Phi) is 4.03. The van der Waals surface area contributed by atoms with Crippen LogP contribution in [0.2, 0.25) is 0 Å². The molecule has 0 spiro atoms. The van der Waals surface area contributed by atoms with Gasteiger partial charge in [0.05, 0.1) is 11.5 Å². The van der Waals surface area contributed by atoms with Gasteiger partial charge in [0, 0.05) is 24.6 Å². The summed E-state index contributed by atoms with van der Waals surface area (Å²) in [4.78, 5) is 33.8. The van der Waals surface area contributed by atoms with Gasteiger partial charge in [0.25, 0.3) is 5.69 Å². The van der Waals surface area contributed by atoms with Crippen molar-refractivity contribution in [3.8, 4) is 5.75 Å². The maximum absolute atomic E-state index is 12.1. The lowest BCUT2D eigenvalue weighted by molar-refractivity contribution is -0.385. The van der Waals surface area contributed by atoms with E-state index in [1.807, 2.05) is 0 Å². The second-order valence-corrected chi connectivity index (χ2v) is 4.89. The highest BCUT2D eigenvalue weighted by Gasteiger charge is 2.53. The molecule has 1 heterocycles. The van der Waals surface area contributed by atoms with Gasteiger partial charge >= 0.3 is 11.9 Å². The van der Waals surface area contributed by atoms with E-state index in [1.165, 1.54) is 32.0 Å². The molecule has 0 aliphatic carbocycles. The molecule has 2 rings (SSSR count). The Morgan fingerprint density at radius 3 is 2.68 bits per heavy atom. The highest BCUT2D eigenvalue weighted by Crippen LogP contribution is 2.45. The summed E-state index contributed by atoms with van der Waals surface area (Å²) < 4.78 is 15.7. The number of non-ortho nitro benzene ring substituents is 1. The molecule has 0 saturated heterocycles. The van der Waals surface area contributed by atoms with E-state index in [-0.39, 0.29) is 23.6 Å². The lowest BCUT2D eigenvalue weighted by Gasteiger charge is -2.28. The lowest BCUT2D eigenvalue weighted by Crippen LogP contribution is -2.45. The zero-order valence-corrected chi connectivity index (χ0v) is 12.3. The van der Waals surface area contributed by atoms with Crippen LogP contribution in [0.4, 0.5) is 5.69 Å². The number of carbonyl (C=O) groups is 2. The SMILES string of the molecule is CCOC(=O)[C@H]1Oc2ccc([N+](=O)[O-])cc2[C@@]1(C)OC(C)=O. The van der Waals surface area contributed by atoms with Crippen molar-refractivity contribution in [2.45, 2.75) is 32.5 Å². The predicted octanol–water partition coefficient (Wildman–Crippen LogP) is 1.70. The quantitative estimate of drug-likeness (QED) is 0.473. The minimum atomic E-state index is -1.49. The summed E-state index contributed by atoms with van der Waals surface area (Å²) in [6, 6.07) is 3.85. The molecule has 0 aromatic heterocycles. The molecule has 0 unspecified atom stereocenters. The Morgan fingerprint density at radius 2 is 2.14 bits per heavy atom. The molecule has 0 bridgehead atoms. The average molecular weight is 309 g/mol. The van der Waals surface area contributed by atoms with E-state index in [0.717, 1.165) is 0 Å². The molecule has 1 aliphatic rings. The Hall–Kier alpha value is -2.64. The predicted molar refractivity (Wildman–Crippen MR) is 73.3 cm³/mol. The van der Waals surface area contributed by atoms with E-state index in [1.54, 1.807) is 6.92 Å². The fraction of sp³-hybridized carbons (Fsp3) is 0.429. The summed E-state index contributed by atoms with van der Waals surface area (Å²) >= 11 is 0. The summed E-state index contributed by atoms with van der Waals surface area (Å²) in [7, 11) is 0. The number of benzene rings is 1. The second kappa shape index (κ2) is 5.63. The molecule has 2 atom stereocenters. The van der Waals surface area contributed by atoms with Gasteiger partial charge in [-0.05, 0) is 19.9 Å². The molecule has 0 radical (unpaired) electrons. The highest BCUT2D eigenvalue weighted by molar-refractivity contribution is 5.80. The fourth-order valence-electron chi connectivity index (χ4n) is 2.40. The van der Waals surface area contributed by atoms with Crippen LogP contribution in [0.5, 0.6) is 5.75 Å². The van der Waals surface area contributed by atoms with Gasteiger partial charge in [-0.2, -0.15) is 0 Å². The molecule has 8 heteroatoms. The molecule has 0 fully saturated rings. The minimum absolute atomic E-state index is 0.130. The molecule has 22 heavy (non-hydrogen) atoms. The molecule has 1 aliphatic heterocycles. The van der Waals surface area contributed by atoms with Gasteiger partial charge in [0.2, 0.25) is 6.10 Å². The first kappa shape index (κ1) is 15.7. The normalized spacial score (nSPS) is 22.4. The zero-order valence-electron chi connectivity index (χ0n) is 12.3. The van der Waals surface area contributed by atoms with Crippen LogP contribution in [0, 0.1) is 10.1 Å². The topological polar surface area (TPSA) is 105 Å². The van der Waals surface area contributed by atoms with Crippen molar-refractivity contribution < 1.29 is 28.7 Å². The van der Waals surface area contributed by atoms with Crippen molar-refractivity contribution in [1.82, 2.24) is 0 Å². The Labute approximate surface area is 126 Å². The zero-order chi connectivity index (χ0) is 16.5. The van der Waals surface area contributed by atoms with Crippen LogP contribution < -0.4 is 4.74 Å². The van der Waals surface area contributed by atoms with E-state index < -0.39 is 28.6 Å².